The highest BCUT2D eigenvalue weighted by Gasteiger charge is 2.06. The van der Waals surface area contributed by atoms with Crippen molar-refractivity contribution in [2.24, 2.45) is 0 Å². The number of thiol groups is 1. The Hall–Kier alpha value is -0.480. The van der Waals surface area contributed by atoms with E-state index in [-0.39, 0.29) is 5.97 Å². The molecule has 0 aliphatic rings. The molecule has 0 bridgehead atoms. The second kappa shape index (κ2) is 3.07. The van der Waals surface area contributed by atoms with Crippen molar-refractivity contribution in [2.75, 3.05) is 7.11 Å². The van der Waals surface area contributed by atoms with Crippen LogP contribution in [0.5, 0.6) is 0 Å². The van der Waals surface area contributed by atoms with Gasteiger partial charge in [0.25, 0.3) is 0 Å². The van der Waals surface area contributed by atoms with Gasteiger partial charge in [0.1, 0.15) is 4.88 Å². The van der Waals surface area contributed by atoms with E-state index in [1.165, 1.54) is 18.4 Å². The summed E-state index contributed by atoms with van der Waals surface area (Å²) in [5.74, 6) is -0.301. The second-order valence-corrected chi connectivity index (χ2v) is 3.09. The van der Waals surface area contributed by atoms with Crippen LogP contribution in [0.15, 0.2) is 16.3 Å². The maximum atomic E-state index is 10.8. The average molecular weight is 174 g/mol. The molecule has 0 aliphatic heterocycles. The first kappa shape index (κ1) is 7.63. The average Bonchev–Trinajstić information content (AvgIpc) is 2.34. The zero-order valence-corrected chi connectivity index (χ0v) is 7.04. The van der Waals surface area contributed by atoms with E-state index in [4.69, 9.17) is 0 Å². The van der Waals surface area contributed by atoms with Gasteiger partial charge in [-0.25, -0.2) is 4.79 Å². The van der Waals surface area contributed by atoms with Crippen LogP contribution in [0.2, 0.25) is 0 Å². The summed E-state index contributed by atoms with van der Waals surface area (Å²) < 4.78 is 4.49. The molecule has 0 N–H and O–H groups in total. The maximum Gasteiger partial charge on any atom is 0.348 e. The molecular weight excluding hydrogens is 168 g/mol. The second-order valence-electron chi connectivity index (χ2n) is 1.66. The molecule has 54 valence electrons. The molecule has 0 unspecified atom stereocenters. The van der Waals surface area contributed by atoms with E-state index >= 15 is 0 Å². The Morgan fingerprint density at radius 1 is 1.80 bits per heavy atom. The normalized spacial score (nSPS) is 9.40. The fourth-order valence-electron chi connectivity index (χ4n) is 0.534. The number of hydrogen-bond acceptors (Lipinski definition) is 4. The molecule has 2 nitrogen and oxygen atoms in total. The number of esters is 1. The maximum absolute atomic E-state index is 10.8. The topological polar surface area (TPSA) is 26.3 Å². The lowest BCUT2D eigenvalue weighted by atomic mass is 10.5. The highest BCUT2D eigenvalue weighted by Crippen LogP contribution is 2.17. The van der Waals surface area contributed by atoms with Gasteiger partial charge in [-0.3, -0.25) is 0 Å². The molecule has 1 heterocycles. The van der Waals surface area contributed by atoms with Crippen LogP contribution in [0.25, 0.3) is 0 Å². The summed E-state index contributed by atoms with van der Waals surface area (Å²) in [5, 5.41) is 1.79. The molecular formula is C6H6O2S2. The van der Waals surface area contributed by atoms with Gasteiger partial charge in [-0.2, -0.15) is 0 Å². The van der Waals surface area contributed by atoms with Gasteiger partial charge >= 0.3 is 5.97 Å². The molecule has 0 spiro atoms. The SMILES string of the molecule is COC(=O)c1cc(S)cs1. The first-order chi connectivity index (χ1) is 4.74. The van der Waals surface area contributed by atoms with E-state index in [0.29, 0.717) is 4.88 Å². The van der Waals surface area contributed by atoms with Gasteiger partial charge in [0.2, 0.25) is 0 Å². The van der Waals surface area contributed by atoms with Gasteiger partial charge in [0, 0.05) is 10.3 Å². The van der Waals surface area contributed by atoms with Crippen molar-refractivity contribution in [1.82, 2.24) is 0 Å². The predicted molar refractivity (Wildman–Crippen MR) is 42.9 cm³/mol. The quantitative estimate of drug-likeness (QED) is 0.519. The molecule has 0 atom stereocenters. The molecule has 4 heteroatoms. The Balaban J connectivity index is 2.85. The molecule has 0 saturated heterocycles. The third-order valence-electron chi connectivity index (χ3n) is 0.972. The number of methoxy groups -OCH3 is 1. The van der Waals surface area contributed by atoms with Crippen molar-refractivity contribution in [3.8, 4) is 0 Å². The molecule has 0 radical (unpaired) electrons. The van der Waals surface area contributed by atoms with E-state index in [0.717, 1.165) is 4.90 Å². The summed E-state index contributed by atoms with van der Waals surface area (Å²) in [5.41, 5.74) is 0. The van der Waals surface area contributed by atoms with Crippen molar-refractivity contribution >= 4 is 29.9 Å². The Morgan fingerprint density at radius 3 is 2.90 bits per heavy atom. The largest absolute Gasteiger partial charge is 0.465 e. The molecule has 1 rings (SSSR count). The van der Waals surface area contributed by atoms with Crippen LogP contribution < -0.4 is 0 Å². The number of hydrogen-bond donors (Lipinski definition) is 1. The fourth-order valence-corrected chi connectivity index (χ4v) is 1.60. The van der Waals surface area contributed by atoms with Crippen molar-refractivity contribution < 1.29 is 9.53 Å². The molecule has 0 saturated carbocycles. The number of rotatable bonds is 1. The summed E-state index contributed by atoms with van der Waals surface area (Å²) in [7, 11) is 1.36. The number of carbonyl (C=O) groups is 1. The lowest BCUT2D eigenvalue weighted by molar-refractivity contribution is 0.0606. The van der Waals surface area contributed by atoms with Gasteiger partial charge in [-0.1, -0.05) is 0 Å². The standard InChI is InChI=1S/C6H6O2S2/c1-8-6(7)5-2-4(9)3-10-5/h2-3,9H,1H3. The van der Waals surface area contributed by atoms with E-state index in [1.54, 1.807) is 11.4 Å². The van der Waals surface area contributed by atoms with Crippen LogP contribution >= 0.6 is 24.0 Å². The Kier molecular flexibility index (Phi) is 2.34. The summed E-state index contributed by atoms with van der Waals surface area (Å²) in [4.78, 5) is 12.2. The third kappa shape index (κ3) is 1.52. The van der Waals surface area contributed by atoms with E-state index in [2.05, 4.69) is 17.4 Å². The molecule has 0 amide bonds. The molecule has 0 aromatic carbocycles. The minimum Gasteiger partial charge on any atom is -0.465 e. The van der Waals surface area contributed by atoms with Crippen molar-refractivity contribution in [3.05, 3.63) is 16.3 Å². The minimum absolute atomic E-state index is 0.301. The third-order valence-corrected chi connectivity index (χ3v) is 2.32. The predicted octanol–water partition coefficient (Wildman–Crippen LogP) is 1.82. The van der Waals surface area contributed by atoms with Gasteiger partial charge in [-0.05, 0) is 6.07 Å². The van der Waals surface area contributed by atoms with Crippen molar-refractivity contribution in [1.29, 1.82) is 0 Å². The zero-order valence-electron chi connectivity index (χ0n) is 5.33. The van der Waals surface area contributed by atoms with Crippen molar-refractivity contribution in [3.63, 3.8) is 0 Å². The number of thiophene rings is 1. The molecule has 0 aliphatic carbocycles. The Labute approximate surface area is 68.2 Å². The summed E-state index contributed by atoms with van der Waals surface area (Å²) in [6, 6.07) is 1.68. The lowest BCUT2D eigenvalue weighted by Crippen LogP contribution is -1.96. The van der Waals surface area contributed by atoms with Crippen LogP contribution in [-0.4, -0.2) is 13.1 Å². The van der Waals surface area contributed by atoms with Crippen LogP contribution in [0.3, 0.4) is 0 Å². The summed E-state index contributed by atoms with van der Waals surface area (Å²) in [6.07, 6.45) is 0. The van der Waals surface area contributed by atoms with Gasteiger partial charge in [0.15, 0.2) is 0 Å². The van der Waals surface area contributed by atoms with Crippen LogP contribution in [-0.2, 0) is 4.74 Å². The first-order valence-electron chi connectivity index (χ1n) is 2.60. The van der Waals surface area contributed by atoms with Gasteiger partial charge in [0.05, 0.1) is 7.11 Å². The van der Waals surface area contributed by atoms with Gasteiger partial charge in [-0.15, -0.1) is 24.0 Å². The van der Waals surface area contributed by atoms with E-state index in [9.17, 15) is 4.79 Å². The Bertz CT molecular complexity index is 242. The highest BCUT2D eigenvalue weighted by molar-refractivity contribution is 7.80. The molecule has 0 fully saturated rings. The molecule has 10 heavy (non-hydrogen) atoms. The molecule has 1 aromatic rings. The smallest absolute Gasteiger partial charge is 0.348 e. The first-order valence-corrected chi connectivity index (χ1v) is 3.92. The van der Waals surface area contributed by atoms with Crippen LogP contribution in [0, 0.1) is 0 Å². The number of carbonyl (C=O) groups excluding carboxylic acids is 1. The van der Waals surface area contributed by atoms with Crippen LogP contribution in [0.1, 0.15) is 9.67 Å². The van der Waals surface area contributed by atoms with E-state index < -0.39 is 0 Å². The summed E-state index contributed by atoms with van der Waals surface area (Å²) >= 11 is 5.37. The summed E-state index contributed by atoms with van der Waals surface area (Å²) in [6.45, 7) is 0. The minimum atomic E-state index is -0.301. The van der Waals surface area contributed by atoms with Gasteiger partial charge < -0.3 is 4.74 Å². The van der Waals surface area contributed by atoms with Crippen molar-refractivity contribution in [2.45, 2.75) is 4.90 Å². The highest BCUT2D eigenvalue weighted by atomic mass is 32.1. The zero-order chi connectivity index (χ0) is 7.56. The number of ether oxygens (including phenoxy) is 1. The lowest BCUT2D eigenvalue weighted by Gasteiger charge is -1.90. The molecule has 1 aromatic heterocycles. The van der Waals surface area contributed by atoms with E-state index in [1.807, 2.05) is 0 Å². The monoisotopic (exact) mass is 174 g/mol. The Morgan fingerprint density at radius 2 is 2.50 bits per heavy atom. The van der Waals surface area contributed by atoms with Crippen LogP contribution in [0.4, 0.5) is 0 Å². The fraction of sp³-hybridized carbons (Fsp3) is 0.167.